The van der Waals surface area contributed by atoms with Crippen LogP contribution in [-0.4, -0.2) is 41.5 Å². The van der Waals surface area contributed by atoms with Crippen molar-refractivity contribution >= 4 is 21.8 Å². The summed E-state index contributed by atoms with van der Waals surface area (Å²) < 4.78 is 28.3. The number of nitrogens with zero attached hydrogens (tertiary/aromatic N) is 4. The molecule has 154 valence electrons. The van der Waals surface area contributed by atoms with Gasteiger partial charge in [0.1, 0.15) is 18.5 Å². The van der Waals surface area contributed by atoms with Crippen molar-refractivity contribution < 1.29 is 13.2 Å². The maximum absolute atomic E-state index is 12.2. The van der Waals surface area contributed by atoms with E-state index in [1.54, 1.807) is 29.2 Å². The minimum Gasteiger partial charge on any atom is -0.352 e. The zero-order chi connectivity index (χ0) is 21.0. The number of hydrogen-bond donors (Lipinski definition) is 2. The molecule has 30 heavy (non-hydrogen) atoms. The van der Waals surface area contributed by atoms with Crippen molar-refractivity contribution in [2.75, 3.05) is 6.54 Å². The molecule has 4 rings (SSSR count). The number of aliphatic imine (C=N–C) groups is 1. The van der Waals surface area contributed by atoms with E-state index in [9.17, 15) is 13.2 Å². The van der Waals surface area contributed by atoms with E-state index in [1.165, 1.54) is 12.4 Å². The predicted molar refractivity (Wildman–Crippen MR) is 110 cm³/mol. The fourth-order valence-electron chi connectivity index (χ4n) is 3.18. The van der Waals surface area contributed by atoms with Gasteiger partial charge in [0.2, 0.25) is 5.91 Å². The van der Waals surface area contributed by atoms with Crippen molar-refractivity contribution in [3.05, 3.63) is 77.9 Å². The largest absolute Gasteiger partial charge is 0.352 e. The Balaban J connectivity index is 1.33. The fourth-order valence-corrected chi connectivity index (χ4v) is 4.43. The van der Waals surface area contributed by atoms with Crippen LogP contribution in [0.25, 0.3) is 0 Å². The highest BCUT2D eigenvalue weighted by Crippen LogP contribution is 2.22. The number of benzene rings is 2. The molecule has 0 saturated carbocycles. The van der Waals surface area contributed by atoms with Gasteiger partial charge in [-0.15, -0.1) is 0 Å². The van der Waals surface area contributed by atoms with E-state index in [0.29, 0.717) is 18.7 Å². The van der Waals surface area contributed by atoms with E-state index in [0.717, 1.165) is 11.1 Å². The summed E-state index contributed by atoms with van der Waals surface area (Å²) in [5, 5.41) is 6.99. The minimum atomic E-state index is -3.57. The normalized spacial score (nSPS) is 15.5. The lowest BCUT2D eigenvalue weighted by Crippen LogP contribution is -2.25. The van der Waals surface area contributed by atoms with Crippen molar-refractivity contribution in [1.82, 2.24) is 24.8 Å². The van der Waals surface area contributed by atoms with Crippen LogP contribution in [0.4, 0.5) is 0 Å². The molecule has 0 unspecified atom stereocenters. The first kappa shape index (κ1) is 19.8. The third-order valence-corrected chi connectivity index (χ3v) is 6.06. The van der Waals surface area contributed by atoms with Crippen LogP contribution in [0.2, 0.25) is 0 Å². The van der Waals surface area contributed by atoms with E-state index in [4.69, 9.17) is 0 Å². The average molecular weight is 424 g/mol. The van der Waals surface area contributed by atoms with Gasteiger partial charge in [-0.3, -0.25) is 14.5 Å². The van der Waals surface area contributed by atoms with Crippen molar-refractivity contribution in [3.63, 3.8) is 0 Å². The summed E-state index contributed by atoms with van der Waals surface area (Å²) in [6.45, 7) is 1.13. The van der Waals surface area contributed by atoms with E-state index >= 15 is 0 Å². The summed E-state index contributed by atoms with van der Waals surface area (Å²) in [5.41, 5.74) is 2.56. The second-order valence-electron chi connectivity index (χ2n) is 6.72. The van der Waals surface area contributed by atoms with E-state index < -0.39 is 10.0 Å². The number of amides is 1. The van der Waals surface area contributed by atoms with Gasteiger partial charge in [0.25, 0.3) is 10.0 Å². The number of sulfonamides is 1. The maximum Gasteiger partial charge on any atom is 0.263 e. The summed E-state index contributed by atoms with van der Waals surface area (Å²) in [6, 6.07) is 14.4. The summed E-state index contributed by atoms with van der Waals surface area (Å²) in [7, 11) is -3.57. The molecule has 9 nitrogen and oxygen atoms in total. The van der Waals surface area contributed by atoms with Gasteiger partial charge in [-0.25, -0.2) is 18.1 Å². The Kier molecular flexibility index (Phi) is 5.57. The van der Waals surface area contributed by atoms with Gasteiger partial charge in [-0.2, -0.15) is 5.10 Å². The zero-order valence-corrected chi connectivity index (χ0v) is 16.8. The Hall–Kier alpha value is -3.53. The lowest BCUT2D eigenvalue weighted by Gasteiger charge is -2.10. The number of fused-ring (bicyclic) bond motifs is 1. The first-order chi connectivity index (χ1) is 14.5. The lowest BCUT2D eigenvalue weighted by atomic mass is 10.1. The van der Waals surface area contributed by atoms with Crippen LogP contribution in [-0.2, 0) is 27.9 Å². The first-order valence-electron chi connectivity index (χ1n) is 9.35. The maximum atomic E-state index is 12.2. The van der Waals surface area contributed by atoms with E-state index in [-0.39, 0.29) is 29.6 Å². The van der Waals surface area contributed by atoms with Crippen molar-refractivity contribution in [3.8, 4) is 0 Å². The second-order valence-corrected chi connectivity index (χ2v) is 8.37. The Bertz CT molecular complexity index is 1190. The molecule has 2 heterocycles. The third-order valence-electron chi connectivity index (χ3n) is 4.66. The number of amidine groups is 1. The minimum absolute atomic E-state index is 0.151. The van der Waals surface area contributed by atoms with Gasteiger partial charge >= 0.3 is 0 Å². The Morgan fingerprint density at radius 1 is 1.10 bits per heavy atom. The third kappa shape index (κ3) is 4.38. The van der Waals surface area contributed by atoms with E-state index in [1.807, 2.05) is 24.3 Å². The number of carbonyl (C=O) groups excluding carboxylic acids is 1. The molecule has 1 aromatic heterocycles. The highest BCUT2D eigenvalue weighted by atomic mass is 32.2. The highest BCUT2D eigenvalue weighted by molar-refractivity contribution is 7.90. The zero-order valence-electron chi connectivity index (χ0n) is 16.0. The Morgan fingerprint density at radius 3 is 2.67 bits per heavy atom. The summed E-state index contributed by atoms with van der Waals surface area (Å²) in [5.74, 6) is 0.112. The summed E-state index contributed by atoms with van der Waals surface area (Å²) in [4.78, 5) is 20.7. The molecule has 2 N–H and O–H groups in total. The number of hydrogen-bond acceptors (Lipinski definition) is 6. The van der Waals surface area contributed by atoms with Gasteiger partial charge in [0, 0.05) is 18.5 Å². The van der Waals surface area contributed by atoms with Crippen LogP contribution >= 0.6 is 0 Å². The van der Waals surface area contributed by atoms with Crippen molar-refractivity contribution in [2.24, 2.45) is 4.99 Å². The highest BCUT2D eigenvalue weighted by Gasteiger charge is 2.29. The number of aromatic nitrogens is 3. The molecule has 3 aromatic rings. The lowest BCUT2D eigenvalue weighted by molar-refractivity contribution is -0.121. The molecule has 1 amide bonds. The van der Waals surface area contributed by atoms with Crippen LogP contribution in [0.1, 0.15) is 23.1 Å². The van der Waals surface area contributed by atoms with Crippen molar-refractivity contribution in [2.45, 2.75) is 24.4 Å². The first-order valence-corrected chi connectivity index (χ1v) is 10.8. The summed E-state index contributed by atoms with van der Waals surface area (Å²) >= 11 is 0. The Labute approximate surface area is 173 Å². The van der Waals surface area contributed by atoms with Crippen LogP contribution in [0, 0.1) is 0 Å². The molecular weight excluding hydrogens is 404 g/mol. The number of nitrogens with one attached hydrogen (secondary N) is 2. The molecule has 0 fully saturated rings. The molecule has 0 aliphatic carbocycles. The molecule has 0 spiro atoms. The van der Waals surface area contributed by atoms with Gasteiger partial charge < -0.3 is 5.32 Å². The molecule has 0 atom stereocenters. The number of rotatable bonds is 7. The van der Waals surface area contributed by atoms with Crippen LogP contribution in [0.5, 0.6) is 0 Å². The van der Waals surface area contributed by atoms with Crippen LogP contribution in [0.3, 0.4) is 0 Å². The quantitative estimate of drug-likeness (QED) is 0.588. The Morgan fingerprint density at radius 2 is 1.87 bits per heavy atom. The molecule has 2 aromatic carbocycles. The van der Waals surface area contributed by atoms with Crippen molar-refractivity contribution in [1.29, 1.82) is 0 Å². The molecule has 1 aliphatic rings. The summed E-state index contributed by atoms with van der Waals surface area (Å²) in [6.07, 6.45) is 3.28. The fraction of sp³-hybridized carbons (Fsp3) is 0.200. The smallest absolute Gasteiger partial charge is 0.263 e. The van der Waals surface area contributed by atoms with Gasteiger partial charge in [-0.1, -0.05) is 36.4 Å². The molecule has 0 radical (unpaired) electrons. The average Bonchev–Trinajstić information content (AvgIpc) is 3.34. The monoisotopic (exact) mass is 424 g/mol. The SMILES string of the molecule is O=C(CCN=C1NS(=O)(=O)c2ccccc21)NCc1ccccc1Cn1cncn1. The molecule has 0 saturated heterocycles. The standard InChI is InChI=1S/C20H20N6O3S/c27-19(9-10-22-20-17-7-3-4-8-18(17)30(28,29)25-20)23-11-15-5-1-2-6-16(15)12-26-14-21-13-24-26/h1-8,13-14H,9-12H2,(H,22,25)(H,23,27). The van der Waals surface area contributed by atoms with Crippen LogP contribution in [0.15, 0.2) is 71.1 Å². The second kappa shape index (κ2) is 8.46. The van der Waals surface area contributed by atoms with Crippen LogP contribution < -0.4 is 10.0 Å². The predicted octanol–water partition coefficient (Wildman–Crippen LogP) is 1.07. The topological polar surface area (TPSA) is 118 Å². The molecule has 1 aliphatic heterocycles. The number of carbonyl (C=O) groups is 1. The van der Waals surface area contributed by atoms with Gasteiger partial charge in [0.05, 0.1) is 18.0 Å². The molecular formula is C20H20N6O3S. The molecule has 0 bridgehead atoms. The van der Waals surface area contributed by atoms with Gasteiger partial charge in [0.15, 0.2) is 0 Å². The van der Waals surface area contributed by atoms with E-state index in [2.05, 4.69) is 25.1 Å². The molecule has 10 heteroatoms. The van der Waals surface area contributed by atoms with Gasteiger partial charge in [-0.05, 0) is 23.3 Å².